The number of hydrogen-bond donors (Lipinski definition) is 2. The van der Waals surface area contributed by atoms with E-state index in [-0.39, 0.29) is 11.9 Å². The van der Waals surface area contributed by atoms with Crippen molar-refractivity contribution in [1.82, 2.24) is 15.5 Å². The zero-order valence-electron chi connectivity index (χ0n) is 15.2. The first-order chi connectivity index (χ1) is 13.2. The van der Waals surface area contributed by atoms with Gasteiger partial charge in [0.25, 0.3) is 5.91 Å². The molecule has 0 saturated carbocycles. The van der Waals surface area contributed by atoms with Crippen LogP contribution < -0.4 is 19.5 Å². The SMILES string of the molecule is COc1ccc(-c2n[nH]c3c2C(c2ccc(OC)c(OC)c2)NC3=O)cc1. The zero-order valence-corrected chi connectivity index (χ0v) is 15.2. The Morgan fingerprint density at radius 2 is 1.67 bits per heavy atom. The van der Waals surface area contributed by atoms with Crippen LogP contribution in [0, 0.1) is 0 Å². The molecule has 3 aromatic rings. The van der Waals surface area contributed by atoms with Gasteiger partial charge >= 0.3 is 0 Å². The largest absolute Gasteiger partial charge is 0.497 e. The molecular weight excluding hydrogens is 346 g/mol. The number of methoxy groups -OCH3 is 3. The Kier molecular flexibility index (Phi) is 4.19. The van der Waals surface area contributed by atoms with E-state index >= 15 is 0 Å². The molecule has 0 aliphatic carbocycles. The number of benzene rings is 2. The van der Waals surface area contributed by atoms with Crippen LogP contribution in [0.1, 0.15) is 27.7 Å². The first-order valence-corrected chi connectivity index (χ1v) is 8.41. The summed E-state index contributed by atoms with van der Waals surface area (Å²) in [7, 11) is 4.79. The summed E-state index contributed by atoms with van der Waals surface area (Å²) in [6.07, 6.45) is 0. The molecule has 0 saturated heterocycles. The van der Waals surface area contributed by atoms with Crippen molar-refractivity contribution in [2.24, 2.45) is 0 Å². The van der Waals surface area contributed by atoms with Gasteiger partial charge in [-0.25, -0.2) is 0 Å². The van der Waals surface area contributed by atoms with Crippen molar-refractivity contribution in [1.29, 1.82) is 0 Å². The molecule has 27 heavy (non-hydrogen) atoms. The van der Waals surface area contributed by atoms with Gasteiger partial charge in [-0.3, -0.25) is 9.89 Å². The van der Waals surface area contributed by atoms with Crippen molar-refractivity contribution in [2.45, 2.75) is 6.04 Å². The van der Waals surface area contributed by atoms with Gasteiger partial charge in [0.1, 0.15) is 11.4 Å². The first-order valence-electron chi connectivity index (χ1n) is 8.41. The van der Waals surface area contributed by atoms with Crippen LogP contribution in [0.5, 0.6) is 17.2 Å². The third-order valence-electron chi connectivity index (χ3n) is 4.70. The number of H-pyrrole nitrogens is 1. The number of fused-ring (bicyclic) bond motifs is 1. The lowest BCUT2D eigenvalue weighted by atomic mass is 9.96. The second-order valence-corrected chi connectivity index (χ2v) is 6.11. The number of hydrogen-bond acceptors (Lipinski definition) is 5. The highest BCUT2D eigenvalue weighted by Gasteiger charge is 2.35. The Balaban J connectivity index is 1.79. The molecule has 2 aromatic carbocycles. The van der Waals surface area contributed by atoms with Crippen molar-refractivity contribution in [3.8, 4) is 28.5 Å². The van der Waals surface area contributed by atoms with Gasteiger partial charge in [0.05, 0.1) is 33.1 Å². The monoisotopic (exact) mass is 365 g/mol. The molecule has 1 amide bonds. The van der Waals surface area contributed by atoms with E-state index in [9.17, 15) is 4.79 Å². The minimum atomic E-state index is -0.330. The second kappa shape index (κ2) is 6.68. The predicted molar refractivity (Wildman–Crippen MR) is 99.4 cm³/mol. The van der Waals surface area contributed by atoms with Crippen molar-refractivity contribution in [2.75, 3.05) is 21.3 Å². The molecule has 1 aliphatic rings. The van der Waals surface area contributed by atoms with E-state index < -0.39 is 0 Å². The van der Waals surface area contributed by atoms with Crippen molar-refractivity contribution >= 4 is 5.91 Å². The fourth-order valence-electron chi connectivity index (χ4n) is 3.33. The summed E-state index contributed by atoms with van der Waals surface area (Å²) in [6, 6.07) is 12.8. The molecule has 7 heteroatoms. The van der Waals surface area contributed by atoms with Crippen LogP contribution in [0.4, 0.5) is 0 Å². The van der Waals surface area contributed by atoms with Gasteiger partial charge in [0, 0.05) is 11.1 Å². The van der Waals surface area contributed by atoms with Gasteiger partial charge in [0.15, 0.2) is 11.5 Å². The van der Waals surface area contributed by atoms with Gasteiger partial charge in [-0.1, -0.05) is 6.07 Å². The number of nitrogens with zero attached hydrogens (tertiary/aromatic N) is 1. The fourth-order valence-corrected chi connectivity index (χ4v) is 3.33. The molecule has 0 fully saturated rings. The van der Waals surface area contributed by atoms with Crippen LogP contribution in [-0.2, 0) is 0 Å². The minimum Gasteiger partial charge on any atom is -0.497 e. The van der Waals surface area contributed by atoms with E-state index in [0.29, 0.717) is 17.2 Å². The zero-order chi connectivity index (χ0) is 19.0. The lowest BCUT2D eigenvalue weighted by molar-refractivity contribution is 0.0955. The van der Waals surface area contributed by atoms with Gasteiger partial charge < -0.3 is 19.5 Å². The molecule has 1 aliphatic heterocycles. The second-order valence-electron chi connectivity index (χ2n) is 6.11. The number of rotatable bonds is 5. The number of ether oxygens (including phenoxy) is 3. The number of aromatic nitrogens is 2. The normalized spacial score (nSPS) is 15.2. The van der Waals surface area contributed by atoms with Gasteiger partial charge in [0.2, 0.25) is 0 Å². The maximum Gasteiger partial charge on any atom is 0.270 e. The molecule has 2 heterocycles. The molecule has 0 radical (unpaired) electrons. The molecule has 1 unspecified atom stereocenters. The van der Waals surface area contributed by atoms with Crippen molar-refractivity contribution in [3.05, 3.63) is 59.3 Å². The van der Waals surface area contributed by atoms with Gasteiger partial charge in [-0.2, -0.15) is 5.10 Å². The molecule has 138 valence electrons. The van der Waals surface area contributed by atoms with Crippen LogP contribution in [0.2, 0.25) is 0 Å². The summed E-state index contributed by atoms with van der Waals surface area (Å²) in [6.45, 7) is 0. The Morgan fingerprint density at radius 1 is 0.926 bits per heavy atom. The summed E-state index contributed by atoms with van der Waals surface area (Å²) in [5.41, 5.74) is 3.80. The number of carbonyl (C=O) groups is 1. The molecule has 0 spiro atoms. The highest BCUT2D eigenvalue weighted by molar-refractivity contribution is 6.00. The van der Waals surface area contributed by atoms with Crippen LogP contribution in [0.15, 0.2) is 42.5 Å². The molecule has 1 aromatic heterocycles. The van der Waals surface area contributed by atoms with E-state index in [1.165, 1.54) is 0 Å². The third kappa shape index (κ3) is 2.77. The quantitative estimate of drug-likeness (QED) is 0.726. The molecular formula is C20H19N3O4. The van der Waals surface area contributed by atoms with E-state index in [4.69, 9.17) is 14.2 Å². The standard InChI is InChI=1S/C20H19N3O4/c1-25-13-7-4-11(5-8-13)18-16-17(21-20(24)19(16)23-22-18)12-6-9-14(26-2)15(10-12)27-3/h4-10,17H,1-3H3,(H,21,24)(H,22,23). The van der Waals surface area contributed by atoms with Crippen LogP contribution in [0.3, 0.4) is 0 Å². The van der Waals surface area contributed by atoms with Crippen LogP contribution in [0.25, 0.3) is 11.3 Å². The Hall–Kier alpha value is -3.48. The van der Waals surface area contributed by atoms with Gasteiger partial charge in [-0.05, 0) is 42.0 Å². The summed E-state index contributed by atoms with van der Waals surface area (Å²) in [5, 5.41) is 10.3. The Bertz CT molecular complexity index is 995. The third-order valence-corrected chi connectivity index (χ3v) is 4.70. The molecule has 1 atom stereocenters. The predicted octanol–water partition coefficient (Wildman–Crippen LogP) is 2.94. The maximum atomic E-state index is 12.4. The highest BCUT2D eigenvalue weighted by Crippen LogP contribution is 2.39. The molecule has 7 nitrogen and oxygen atoms in total. The number of nitrogens with one attached hydrogen (secondary N) is 2. The molecule has 4 rings (SSSR count). The van der Waals surface area contributed by atoms with Crippen molar-refractivity contribution < 1.29 is 19.0 Å². The first kappa shape index (κ1) is 17.0. The Labute approximate surface area is 156 Å². The number of carbonyl (C=O) groups excluding carboxylic acids is 1. The number of amides is 1. The van der Waals surface area contributed by atoms with E-state index in [2.05, 4.69) is 15.5 Å². The lowest BCUT2D eigenvalue weighted by Crippen LogP contribution is -2.21. The summed E-state index contributed by atoms with van der Waals surface area (Å²) in [4.78, 5) is 12.4. The minimum absolute atomic E-state index is 0.183. The van der Waals surface area contributed by atoms with E-state index in [1.807, 2.05) is 42.5 Å². The van der Waals surface area contributed by atoms with Crippen molar-refractivity contribution in [3.63, 3.8) is 0 Å². The summed E-state index contributed by atoms with van der Waals surface area (Å²) < 4.78 is 15.9. The summed E-state index contributed by atoms with van der Waals surface area (Å²) >= 11 is 0. The topological polar surface area (TPSA) is 85.5 Å². The van der Waals surface area contributed by atoms with Crippen LogP contribution >= 0.6 is 0 Å². The van der Waals surface area contributed by atoms with Crippen LogP contribution in [-0.4, -0.2) is 37.4 Å². The maximum absolute atomic E-state index is 12.4. The van der Waals surface area contributed by atoms with E-state index in [0.717, 1.165) is 28.1 Å². The lowest BCUT2D eigenvalue weighted by Gasteiger charge is -2.16. The summed E-state index contributed by atoms with van der Waals surface area (Å²) in [5.74, 6) is 1.81. The highest BCUT2D eigenvalue weighted by atomic mass is 16.5. The van der Waals surface area contributed by atoms with Gasteiger partial charge in [-0.15, -0.1) is 0 Å². The fraction of sp³-hybridized carbons (Fsp3) is 0.200. The average Bonchev–Trinajstić information content (AvgIpc) is 3.29. The Morgan fingerprint density at radius 3 is 2.33 bits per heavy atom. The molecule has 2 N–H and O–H groups in total. The molecule has 0 bridgehead atoms. The average molecular weight is 365 g/mol. The smallest absolute Gasteiger partial charge is 0.270 e. The van der Waals surface area contributed by atoms with E-state index in [1.54, 1.807) is 21.3 Å². The number of aromatic amines is 1.